The van der Waals surface area contributed by atoms with Crippen LogP contribution >= 0.6 is 23.2 Å². The number of carbonyl (C=O) groups is 1. The Morgan fingerprint density at radius 2 is 1.50 bits per heavy atom. The first-order valence-electron chi connectivity index (χ1n) is 10.5. The quantitative estimate of drug-likeness (QED) is 0.145. The number of hydrogen-bond donors (Lipinski definition) is 0. The zero-order chi connectivity index (χ0) is 25.1. The number of non-ortho nitro benzene ring substituents is 1. The number of alkyl halides is 2. The van der Waals surface area contributed by atoms with E-state index in [-0.39, 0.29) is 18.2 Å². The fraction of sp³-hybridized carbons (Fsp3) is 0.650. The maximum atomic E-state index is 13.2. The van der Waals surface area contributed by atoms with E-state index in [0.29, 0.717) is 0 Å². The molecule has 0 fully saturated rings. The maximum Gasteiger partial charge on any atom is 0.269 e. The van der Waals surface area contributed by atoms with Crippen LogP contribution in [0.25, 0.3) is 0 Å². The van der Waals surface area contributed by atoms with Gasteiger partial charge in [0.05, 0.1) is 23.7 Å². The second kappa shape index (κ2) is 11.1. The number of hydrogen-bond acceptors (Lipinski definition) is 5. The van der Waals surface area contributed by atoms with Crippen LogP contribution in [0.2, 0.25) is 58.9 Å². The maximum absolute atomic E-state index is 13.2. The van der Waals surface area contributed by atoms with Crippen LogP contribution in [0, 0.1) is 10.1 Å². The zero-order valence-corrected chi connectivity index (χ0v) is 25.0. The Bertz CT molecular complexity index is 790. The summed E-state index contributed by atoms with van der Waals surface area (Å²) in [5.74, 6) is -0.372. The fourth-order valence-corrected chi connectivity index (χ4v) is 7.36. The van der Waals surface area contributed by atoms with E-state index in [1.165, 1.54) is 12.1 Å². The fourth-order valence-electron chi connectivity index (χ4n) is 3.26. The van der Waals surface area contributed by atoms with Gasteiger partial charge in [-0.15, -0.1) is 0 Å². The predicted molar refractivity (Wildman–Crippen MR) is 139 cm³/mol. The molecule has 0 saturated carbocycles. The van der Waals surface area contributed by atoms with Crippen molar-refractivity contribution in [1.29, 1.82) is 0 Å². The van der Waals surface area contributed by atoms with Crippen LogP contribution in [0.3, 0.4) is 0 Å². The van der Waals surface area contributed by atoms with E-state index in [1.54, 1.807) is 16.7 Å². The molecule has 0 aliphatic rings. The lowest BCUT2D eigenvalue weighted by atomic mass is 10.0. The molecule has 0 unspecified atom stereocenters. The normalized spacial score (nSPS) is 14.9. The van der Waals surface area contributed by atoms with Crippen LogP contribution in [-0.4, -0.2) is 57.8 Å². The molecule has 1 aromatic carbocycles. The van der Waals surface area contributed by atoms with Crippen molar-refractivity contribution in [3.05, 3.63) is 39.9 Å². The van der Waals surface area contributed by atoms with Crippen molar-refractivity contribution in [2.75, 3.05) is 6.61 Å². The molecular weight excluding hydrogens is 503 g/mol. The molecule has 0 spiro atoms. The van der Waals surface area contributed by atoms with Crippen LogP contribution in [0.4, 0.5) is 5.69 Å². The van der Waals surface area contributed by atoms with Crippen molar-refractivity contribution in [1.82, 2.24) is 4.57 Å². The van der Waals surface area contributed by atoms with Crippen molar-refractivity contribution < 1.29 is 18.6 Å². The Kier molecular flexibility index (Phi) is 10.2. The van der Waals surface area contributed by atoms with Gasteiger partial charge in [0, 0.05) is 12.1 Å². The van der Waals surface area contributed by atoms with Gasteiger partial charge in [-0.25, -0.2) is 0 Å². The van der Waals surface area contributed by atoms with Gasteiger partial charge < -0.3 is 13.4 Å². The highest BCUT2D eigenvalue weighted by Crippen LogP contribution is 2.34. The third-order valence-corrected chi connectivity index (χ3v) is 8.79. The molecular formula is C20H36Cl2N2O5Si3. The average Bonchev–Trinajstić information content (AvgIpc) is 2.60. The van der Waals surface area contributed by atoms with Gasteiger partial charge in [-0.3, -0.25) is 14.9 Å². The minimum atomic E-state index is -2.29. The van der Waals surface area contributed by atoms with Crippen LogP contribution in [-0.2, 0) is 13.6 Å². The zero-order valence-electron chi connectivity index (χ0n) is 20.4. The highest BCUT2D eigenvalue weighted by Gasteiger charge is 2.43. The summed E-state index contributed by atoms with van der Waals surface area (Å²) in [6.45, 7) is 18.8. The SMILES string of the molecule is C[Si](C)(C)OC[C@H]([C@H](O[Si](C)(C)C)c1ccc([N+](=O)[O-])cc1)N(C(=O)C(Cl)Cl)[Si](C)(C)C. The highest BCUT2D eigenvalue weighted by atomic mass is 35.5. The van der Waals surface area contributed by atoms with E-state index in [2.05, 4.69) is 39.3 Å². The molecule has 1 rings (SSSR count). The molecule has 7 nitrogen and oxygen atoms in total. The molecule has 0 aliphatic heterocycles. The number of amides is 1. The molecule has 182 valence electrons. The summed E-state index contributed by atoms with van der Waals surface area (Å²) in [7, 11) is -6.34. The van der Waals surface area contributed by atoms with Gasteiger partial charge in [0.25, 0.3) is 5.69 Å². The Labute approximate surface area is 204 Å². The molecule has 1 aromatic rings. The van der Waals surface area contributed by atoms with Crippen LogP contribution < -0.4 is 0 Å². The molecule has 0 aromatic heterocycles. The number of rotatable bonds is 11. The molecule has 0 heterocycles. The summed E-state index contributed by atoms with van der Waals surface area (Å²) in [4.78, 5) is 22.7. The third-order valence-electron chi connectivity index (χ3n) is 4.43. The number of benzene rings is 1. The topological polar surface area (TPSA) is 81.9 Å². The minimum Gasteiger partial charge on any atom is -0.415 e. The number of carbonyl (C=O) groups excluding carboxylic acids is 1. The summed E-state index contributed by atoms with van der Waals surface area (Å²) in [5, 5.41) is 11.2. The van der Waals surface area contributed by atoms with Crippen molar-refractivity contribution in [3.63, 3.8) is 0 Å². The molecule has 0 N–H and O–H groups in total. The lowest BCUT2D eigenvalue weighted by molar-refractivity contribution is -0.384. The standard InChI is InChI=1S/C20H36Cl2N2O5Si3/c1-30(2,3)23(20(25)19(21)22)17(14-28-31(4,5)6)18(29-32(7,8)9)15-10-12-16(13-11-15)24(26)27/h10-13,17-19H,14H2,1-9H3/t17-,18-/m1/s1. The van der Waals surface area contributed by atoms with Crippen molar-refractivity contribution in [3.8, 4) is 0 Å². The first kappa shape index (κ1) is 29.3. The van der Waals surface area contributed by atoms with Gasteiger partial charge in [-0.1, -0.05) is 42.8 Å². The van der Waals surface area contributed by atoms with Crippen molar-refractivity contribution in [2.45, 2.75) is 75.9 Å². The summed E-state index contributed by atoms with van der Waals surface area (Å²) >= 11 is 12.1. The van der Waals surface area contributed by atoms with E-state index in [0.717, 1.165) is 5.56 Å². The molecule has 0 radical (unpaired) electrons. The molecule has 0 saturated heterocycles. The summed E-state index contributed by atoms with van der Waals surface area (Å²) in [6.07, 6.45) is -0.540. The first-order chi connectivity index (χ1) is 14.3. The molecule has 32 heavy (non-hydrogen) atoms. The monoisotopic (exact) mass is 538 g/mol. The van der Waals surface area contributed by atoms with Gasteiger partial charge in [0.1, 0.15) is 0 Å². The van der Waals surface area contributed by atoms with E-state index in [4.69, 9.17) is 32.1 Å². The van der Waals surface area contributed by atoms with Crippen LogP contribution in [0.5, 0.6) is 0 Å². The van der Waals surface area contributed by atoms with Crippen LogP contribution in [0.1, 0.15) is 11.7 Å². The smallest absolute Gasteiger partial charge is 0.269 e. The lowest BCUT2D eigenvalue weighted by Gasteiger charge is -2.46. The molecule has 0 aliphatic carbocycles. The first-order valence-corrected chi connectivity index (χ1v) is 21.6. The number of nitro benzene ring substituents is 1. The van der Waals surface area contributed by atoms with Gasteiger partial charge >= 0.3 is 0 Å². The second-order valence-corrected chi connectivity index (χ2v) is 25.6. The summed E-state index contributed by atoms with van der Waals surface area (Å²) in [6, 6.07) is 5.82. The Balaban J connectivity index is 3.66. The van der Waals surface area contributed by atoms with E-state index >= 15 is 0 Å². The summed E-state index contributed by atoms with van der Waals surface area (Å²) in [5.41, 5.74) is 0.744. The van der Waals surface area contributed by atoms with Crippen molar-refractivity contribution in [2.24, 2.45) is 0 Å². The largest absolute Gasteiger partial charge is 0.415 e. The minimum absolute atomic E-state index is 0.00453. The molecule has 2 atom stereocenters. The number of halogens is 2. The highest BCUT2D eigenvalue weighted by molar-refractivity contribution is 6.76. The molecule has 1 amide bonds. The predicted octanol–water partition coefficient (Wildman–Crippen LogP) is 6.17. The Morgan fingerprint density at radius 3 is 1.84 bits per heavy atom. The average molecular weight is 540 g/mol. The number of nitro groups is 1. The van der Waals surface area contributed by atoms with E-state index < -0.39 is 46.8 Å². The van der Waals surface area contributed by atoms with Gasteiger partial charge in [-0.05, 0) is 57.0 Å². The van der Waals surface area contributed by atoms with E-state index in [1.807, 2.05) is 19.6 Å². The molecule has 0 bridgehead atoms. The Hall–Kier alpha value is -0.759. The van der Waals surface area contributed by atoms with Crippen molar-refractivity contribution >= 4 is 59.7 Å². The van der Waals surface area contributed by atoms with Crippen LogP contribution in [0.15, 0.2) is 24.3 Å². The number of nitrogens with zero attached hydrogens (tertiary/aromatic N) is 2. The third kappa shape index (κ3) is 9.24. The van der Waals surface area contributed by atoms with Gasteiger partial charge in [0.15, 0.2) is 29.7 Å². The van der Waals surface area contributed by atoms with Gasteiger partial charge in [0.2, 0.25) is 5.91 Å². The summed E-state index contributed by atoms with van der Waals surface area (Å²) < 4.78 is 14.7. The van der Waals surface area contributed by atoms with E-state index in [9.17, 15) is 14.9 Å². The second-order valence-electron chi connectivity index (χ2n) is 10.7. The Morgan fingerprint density at radius 1 is 1.00 bits per heavy atom. The molecule has 12 heteroatoms. The van der Waals surface area contributed by atoms with Gasteiger partial charge in [-0.2, -0.15) is 0 Å². The lowest BCUT2D eigenvalue weighted by Crippen LogP contribution is -2.61.